The van der Waals surface area contributed by atoms with Gasteiger partial charge in [0.1, 0.15) is 0 Å². The predicted molar refractivity (Wildman–Crippen MR) is 74.8 cm³/mol. The Morgan fingerprint density at radius 2 is 1.78 bits per heavy atom. The second-order valence-electron chi connectivity index (χ2n) is 5.32. The van der Waals surface area contributed by atoms with Crippen LogP contribution in [0.25, 0.3) is 0 Å². The highest BCUT2D eigenvalue weighted by atomic mass is 16.4. The smallest absolute Gasteiger partial charge is 0.303 e. The molecule has 0 radical (unpaired) electrons. The maximum atomic E-state index is 10.4. The molecule has 0 aliphatic carbocycles. The number of carboxylic acid groups (broad SMARTS) is 1. The Morgan fingerprint density at radius 3 is 2.39 bits per heavy atom. The van der Waals surface area contributed by atoms with Gasteiger partial charge in [0.25, 0.3) is 0 Å². The van der Waals surface area contributed by atoms with Crippen LogP contribution in [0.4, 0.5) is 0 Å². The lowest BCUT2D eigenvalue weighted by Crippen LogP contribution is -2.00. The molecule has 1 aromatic carbocycles. The SMILES string of the molecule is CC(C)Cc1ccccc1CCCCCC(=O)O. The van der Waals surface area contributed by atoms with Crippen molar-refractivity contribution in [3.63, 3.8) is 0 Å². The van der Waals surface area contributed by atoms with E-state index in [1.807, 2.05) is 0 Å². The molecule has 0 spiro atoms. The van der Waals surface area contributed by atoms with Crippen molar-refractivity contribution >= 4 is 5.97 Å². The minimum absolute atomic E-state index is 0.299. The zero-order valence-electron chi connectivity index (χ0n) is 11.5. The van der Waals surface area contributed by atoms with E-state index < -0.39 is 5.97 Å². The first-order chi connectivity index (χ1) is 8.59. The Bertz CT molecular complexity index is 369. The first-order valence-electron chi connectivity index (χ1n) is 6.88. The number of unbranched alkanes of at least 4 members (excludes halogenated alkanes) is 2. The predicted octanol–water partition coefficient (Wildman–Crippen LogP) is 4.07. The molecular weight excluding hydrogens is 224 g/mol. The number of rotatable bonds is 8. The third-order valence-corrected chi connectivity index (χ3v) is 3.08. The molecule has 0 heterocycles. The molecule has 0 aliphatic rings. The van der Waals surface area contributed by atoms with Crippen LogP contribution in [0, 0.1) is 5.92 Å². The molecule has 0 bridgehead atoms. The Labute approximate surface area is 110 Å². The van der Waals surface area contributed by atoms with Crippen LogP contribution in [0.2, 0.25) is 0 Å². The fourth-order valence-electron chi connectivity index (χ4n) is 2.21. The second kappa shape index (κ2) is 7.91. The normalized spacial score (nSPS) is 10.8. The third kappa shape index (κ3) is 5.85. The molecule has 1 N–H and O–H groups in total. The van der Waals surface area contributed by atoms with Crippen LogP contribution < -0.4 is 0 Å². The van der Waals surface area contributed by atoms with Gasteiger partial charge in [-0.05, 0) is 42.7 Å². The van der Waals surface area contributed by atoms with Crippen LogP contribution in [0.5, 0.6) is 0 Å². The fourth-order valence-corrected chi connectivity index (χ4v) is 2.21. The van der Waals surface area contributed by atoms with E-state index in [4.69, 9.17) is 5.11 Å². The topological polar surface area (TPSA) is 37.3 Å². The zero-order valence-corrected chi connectivity index (χ0v) is 11.5. The summed E-state index contributed by atoms with van der Waals surface area (Å²) in [5.74, 6) is -0.00614. The summed E-state index contributed by atoms with van der Waals surface area (Å²) in [4.78, 5) is 10.4. The average Bonchev–Trinajstić information content (AvgIpc) is 2.29. The fraction of sp³-hybridized carbons (Fsp3) is 0.562. The highest BCUT2D eigenvalue weighted by molar-refractivity contribution is 5.66. The molecule has 0 amide bonds. The van der Waals surface area contributed by atoms with Gasteiger partial charge in [-0.2, -0.15) is 0 Å². The zero-order chi connectivity index (χ0) is 13.4. The Hall–Kier alpha value is -1.31. The van der Waals surface area contributed by atoms with Crippen molar-refractivity contribution in [3.05, 3.63) is 35.4 Å². The molecule has 0 saturated heterocycles. The number of aryl methyl sites for hydroxylation is 1. The maximum Gasteiger partial charge on any atom is 0.303 e. The van der Waals surface area contributed by atoms with Gasteiger partial charge in [0.15, 0.2) is 0 Å². The van der Waals surface area contributed by atoms with Crippen LogP contribution in [-0.4, -0.2) is 11.1 Å². The summed E-state index contributed by atoms with van der Waals surface area (Å²) in [6.45, 7) is 4.48. The van der Waals surface area contributed by atoms with Crippen molar-refractivity contribution in [2.24, 2.45) is 5.92 Å². The lowest BCUT2D eigenvalue weighted by atomic mass is 9.95. The summed E-state index contributed by atoms with van der Waals surface area (Å²) in [7, 11) is 0. The number of hydrogen-bond donors (Lipinski definition) is 1. The molecule has 2 heteroatoms. The minimum Gasteiger partial charge on any atom is -0.481 e. The van der Waals surface area contributed by atoms with Gasteiger partial charge in [-0.3, -0.25) is 4.79 Å². The van der Waals surface area contributed by atoms with Gasteiger partial charge < -0.3 is 5.11 Å². The van der Waals surface area contributed by atoms with E-state index in [-0.39, 0.29) is 0 Å². The number of benzene rings is 1. The highest BCUT2D eigenvalue weighted by Crippen LogP contribution is 2.16. The lowest BCUT2D eigenvalue weighted by Gasteiger charge is -2.11. The standard InChI is InChI=1S/C16H24O2/c1-13(2)12-15-10-7-6-9-14(15)8-4-3-5-11-16(17)18/h6-7,9-10,13H,3-5,8,11-12H2,1-2H3,(H,17,18). The molecule has 2 nitrogen and oxygen atoms in total. The molecule has 0 saturated carbocycles. The number of aliphatic carboxylic acids is 1. The molecule has 1 aromatic rings. The third-order valence-electron chi connectivity index (χ3n) is 3.08. The average molecular weight is 248 g/mol. The van der Waals surface area contributed by atoms with E-state index in [1.54, 1.807) is 0 Å². The number of carboxylic acids is 1. The van der Waals surface area contributed by atoms with Crippen molar-refractivity contribution in [2.45, 2.75) is 52.4 Å². The Kier molecular flexibility index (Phi) is 6.48. The quantitative estimate of drug-likeness (QED) is 0.704. The minimum atomic E-state index is -0.685. The van der Waals surface area contributed by atoms with Crippen LogP contribution >= 0.6 is 0 Å². The molecule has 100 valence electrons. The lowest BCUT2D eigenvalue weighted by molar-refractivity contribution is -0.137. The van der Waals surface area contributed by atoms with E-state index in [2.05, 4.69) is 38.1 Å². The van der Waals surface area contributed by atoms with Crippen LogP contribution in [0.15, 0.2) is 24.3 Å². The van der Waals surface area contributed by atoms with Gasteiger partial charge in [0.05, 0.1) is 0 Å². The van der Waals surface area contributed by atoms with Crippen molar-refractivity contribution in [2.75, 3.05) is 0 Å². The van der Waals surface area contributed by atoms with E-state index in [9.17, 15) is 4.79 Å². The molecular formula is C16H24O2. The molecule has 0 atom stereocenters. The molecule has 1 rings (SSSR count). The van der Waals surface area contributed by atoms with Gasteiger partial charge in [0, 0.05) is 6.42 Å². The first kappa shape index (κ1) is 14.7. The summed E-state index contributed by atoms with van der Waals surface area (Å²) < 4.78 is 0. The van der Waals surface area contributed by atoms with Crippen molar-refractivity contribution in [1.29, 1.82) is 0 Å². The Morgan fingerprint density at radius 1 is 1.11 bits per heavy atom. The van der Waals surface area contributed by atoms with Gasteiger partial charge in [-0.25, -0.2) is 0 Å². The Balaban J connectivity index is 2.39. The van der Waals surface area contributed by atoms with Gasteiger partial charge >= 0.3 is 5.97 Å². The summed E-state index contributed by atoms with van der Waals surface area (Å²) >= 11 is 0. The summed E-state index contributed by atoms with van der Waals surface area (Å²) in [5.41, 5.74) is 2.88. The highest BCUT2D eigenvalue weighted by Gasteiger charge is 2.04. The first-order valence-corrected chi connectivity index (χ1v) is 6.88. The van der Waals surface area contributed by atoms with E-state index >= 15 is 0 Å². The van der Waals surface area contributed by atoms with E-state index in [1.165, 1.54) is 11.1 Å². The number of carbonyl (C=O) groups is 1. The van der Waals surface area contributed by atoms with Gasteiger partial charge in [0.2, 0.25) is 0 Å². The van der Waals surface area contributed by atoms with Crippen molar-refractivity contribution < 1.29 is 9.90 Å². The molecule has 0 aromatic heterocycles. The molecule has 0 unspecified atom stereocenters. The van der Waals surface area contributed by atoms with Crippen molar-refractivity contribution in [3.8, 4) is 0 Å². The van der Waals surface area contributed by atoms with Crippen LogP contribution in [0.3, 0.4) is 0 Å². The largest absolute Gasteiger partial charge is 0.481 e. The summed E-state index contributed by atoms with van der Waals surface area (Å²) in [6, 6.07) is 8.61. The van der Waals surface area contributed by atoms with Gasteiger partial charge in [-0.1, -0.05) is 44.5 Å². The monoisotopic (exact) mass is 248 g/mol. The maximum absolute atomic E-state index is 10.4. The molecule has 18 heavy (non-hydrogen) atoms. The molecule has 0 aliphatic heterocycles. The van der Waals surface area contributed by atoms with Crippen molar-refractivity contribution in [1.82, 2.24) is 0 Å². The van der Waals surface area contributed by atoms with Crippen LogP contribution in [-0.2, 0) is 17.6 Å². The summed E-state index contributed by atoms with van der Waals surface area (Å²) in [6.07, 6.45) is 5.38. The van der Waals surface area contributed by atoms with E-state index in [0.717, 1.165) is 32.1 Å². The number of hydrogen-bond acceptors (Lipinski definition) is 1. The second-order valence-corrected chi connectivity index (χ2v) is 5.32. The summed E-state index contributed by atoms with van der Waals surface area (Å²) in [5, 5.41) is 8.57. The van der Waals surface area contributed by atoms with Gasteiger partial charge in [-0.15, -0.1) is 0 Å². The molecule has 0 fully saturated rings. The van der Waals surface area contributed by atoms with Crippen LogP contribution in [0.1, 0.15) is 50.7 Å². The van der Waals surface area contributed by atoms with E-state index in [0.29, 0.717) is 12.3 Å².